The summed E-state index contributed by atoms with van der Waals surface area (Å²) >= 11 is 6.00. The summed E-state index contributed by atoms with van der Waals surface area (Å²) in [4.78, 5) is 29.9. The number of rotatable bonds is 4. The first kappa shape index (κ1) is 19.3. The molecule has 154 valence electrons. The first-order valence-corrected chi connectivity index (χ1v) is 10.1. The summed E-state index contributed by atoms with van der Waals surface area (Å²) in [6.45, 7) is -0.156. The van der Waals surface area contributed by atoms with Gasteiger partial charge < -0.3 is 4.42 Å². The zero-order chi connectivity index (χ0) is 21.4. The molecule has 8 heteroatoms. The Kier molecular flexibility index (Phi) is 4.88. The van der Waals surface area contributed by atoms with Crippen LogP contribution < -0.4 is 5.56 Å². The fourth-order valence-electron chi connectivity index (χ4n) is 3.75. The van der Waals surface area contributed by atoms with Crippen LogP contribution >= 0.6 is 11.6 Å². The third kappa shape index (κ3) is 3.64. The molecule has 0 bridgehead atoms. The Labute approximate surface area is 182 Å². The van der Waals surface area contributed by atoms with Gasteiger partial charge in [-0.1, -0.05) is 35.9 Å². The van der Waals surface area contributed by atoms with Gasteiger partial charge in [-0.25, -0.2) is 9.99 Å². The lowest BCUT2D eigenvalue weighted by atomic mass is 10.0. The topological polar surface area (TPSA) is 80.7 Å². The van der Waals surface area contributed by atoms with Crippen LogP contribution in [0.1, 0.15) is 23.8 Å². The SMILES string of the molecule is O=C(Cn1c(=O)cnc2ccccc21)N1N=C(c2ccc(Cl)cc2)CC1c1ccco1. The minimum atomic E-state index is -0.392. The monoisotopic (exact) mass is 432 g/mol. The minimum Gasteiger partial charge on any atom is -0.467 e. The highest BCUT2D eigenvalue weighted by atomic mass is 35.5. The lowest BCUT2D eigenvalue weighted by Crippen LogP contribution is -2.34. The van der Waals surface area contributed by atoms with Gasteiger partial charge in [0, 0.05) is 11.4 Å². The van der Waals surface area contributed by atoms with Crippen molar-refractivity contribution in [2.24, 2.45) is 5.10 Å². The predicted octanol–water partition coefficient (Wildman–Crippen LogP) is 4.02. The van der Waals surface area contributed by atoms with E-state index in [4.69, 9.17) is 16.0 Å². The third-order valence-electron chi connectivity index (χ3n) is 5.26. The van der Waals surface area contributed by atoms with Crippen LogP contribution in [0.15, 0.2) is 87.4 Å². The van der Waals surface area contributed by atoms with Crippen molar-refractivity contribution in [1.82, 2.24) is 14.6 Å². The van der Waals surface area contributed by atoms with Gasteiger partial charge in [0.15, 0.2) is 0 Å². The van der Waals surface area contributed by atoms with Crippen LogP contribution in [0.2, 0.25) is 5.02 Å². The third-order valence-corrected chi connectivity index (χ3v) is 5.51. The van der Waals surface area contributed by atoms with Crippen molar-refractivity contribution in [2.75, 3.05) is 0 Å². The van der Waals surface area contributed by atoms with Gasteiger partial charge in [-0.05, 0) is 42.0 Å². The van der Waals surface area contributed by atoms with E-state index in [1.165, 1.54) is 15.8 Å². The Morgan fingerprint density at radius 3 is 2.68 bits per heavy atom. The Balaban J connectivity index is 1.51. The maximum Gasteiger partial charge on any atom is 0.269 e. The Morgan fingerprint density at radius 1 is 1.10 bits per heavy atom. The first-order valence-electron chi connectivity index (χ1n) is 9.73. The lowest BCUT2D eigenvalue weighted by molar-refractivity contribution is -0.134. The molecular formula is C23H17ClN4O3. The van der Waals surface area contributed by atoms with Crippen molar-refractivity contribution < 1.29 is 9.21 Å². The van der Waals surface area contributed by atoms with Crippen molar-refractivity contribution in [3.63, 3.8) is 0 Å². The lowest BCUT2D eigenvalue weighted by Gasteiger charge is -2.20. The highest BCUT2D eigenvalue weighted by Crippen LogP contribution is 2.33. The van der Waals surface area contributed by atoms with E-state index in [0.717, 1.165) is 11.3 Å². The zero-order valence-corrected chi connectivity index (χ0v) is 17.1. The quantitative estimate of drug-likeness (QED) is 0.487. The molecule has 0 radical (unpaired) electrons. The minimum absolute atomic E-state index is 0.156. The van der Waals surface area contributed by atoms with Crippen LogP contribution in [0.5, 0.6) is 0 Å². The van der Waals surface area contributed by atoms with E-state index in [0.29, 0.717) is 28.2 Å². The number of hydrazone groups is 1. The van der Waals surface area contributed by atoms with E-state index in [-0.39, 0.29) is 18.0 Å². The summed E-state index contributed by atoms with van der Waals surface area (Å²) in [5.74, 6) is 0.316. The fourth-order valence-corrected chi connectivity index (χ4v) is 3.87. The molecule has 5 rings (SSSR count). The number of amides is 1. The van der Waals surface area contributed by atoms with Crippen LogP contribution in [-0.2, 0) is 11.3 Å². The second-order valence-corrected chi connectivity index (χ2v) is 7.63. The molecule has 0 spiro atoms. The number of hydrogen-bond donors (Lipinski definition) is 0. The number of carbonyl (C=O) groups is 1. The Hall–Kier alpha value is -3.71. The van der Waals surface area contributed by atoms with E-state index in [2.05, 4.69) is 10.1 Å². The normalized spacial score (nSPS) is 16.0. The van der Waals surface area contributed by atoms with Gasteiger partial charge in [0.25, 0.3) is 11.5 Å². The van der Waals surface area contributed by atoms with Crippen molar-refractivity contribution in [3.8, 4) is 0 Å². The maximum atomic E-state index is 13.3. The molecule has 2 aromatic carbocycles. The van der Waals surface area contributed by atoms with Gasteiger partial charge in [0.2, 0.25) is 0 Å². The highest BCUT2D eigenvalue weighted by Gasteiger charge is 2.35. The van der Waals surface area contributed by atoms with Gasteiger partial charge >= 0.3 is 0 Å². The molecule has 0 saturated heterocycles. The maximum absolute atomic E-state index is 13.3. The largest absolute Gasteiger partial charge is 0.467 e. The fraction of sp³-hybridized carbons (Fsp3) is 0.130. The summed E-state index contributed by atoms with van der Waals surface area (Å²) in [5.41, 5.74) is 2.52. The van der Waals surface area contributed by atoms with Crippen molar-refractivity contribution in [1.29, 1.82) is 0 Å². The molecule has 4 aromatic rings. The molecule has 1 aliphatic rings. The number of carbonyl (C=O) groups excluding carboxylic acids is 1. The molecule has 31 heavy (non-hydrogen) atoms. The van der Waals surface area contributed by atoms with Crippen LogP contribution in [0.4, 0.5) is 0 Å². The number of hydrogen-bond acceptors (Lipinski definition) is 5. The molecule has 1 aliphatic heterocycles. The summed E-state index contributed by atoms with van der Waals surface area (Å²) < 4.78 is 6.99. The van der Waals surface area contributed by atoms with Gasteiger partial charge in [-0.2, -0.15) is 5.10 Å². The van der Waals surface area contributed by atoms with Crippen LogP contribution in [0, 0.1) is 0 Å². The predicted molar refractivity (Wildman–Crippen MR) is 117 cm³/mol. The van der Waals surface area contributed by atoms with Gasteiger partial charge in [0.05, 0.1) is 29.2 Å². The number of halogens is 1. The molecule has 3 heterocycles. The second kappa shape index (κ2) is 7.85. The number of fused-ring (bicyclic) bond motifs is 1. The molecule has 1 atom stereocenters. The number of aromatic nitrogens is 2. The van der Waals surface area contributed by atoms with E-state index in [1.54, 1.807) is 36.6 Å². The van der Waals surface area contributed by atoms with E-state index >= 15 is 0 Å². The number of benzene rings is 2. The first-order chi connectivity index (χ1) is 15.1. The van der Waals surface area contributed by atoms with Crippen molar-refractivity contribution >= 4 is 34.3 Å². The Morgan fingerprint density at radius 2 is 1.90 bits per heavy atom. The highest BCUT2D eigenvalue weighted by molar-refractivity contribution is 6.30. The van der Waals surface area contributed by atoms with Gasteiger partial charge in [-0.15, -0.1) is 0 Å². The average Bonchev–Trinajstić information content (AvgIpc) is 3.46. The molecule has 0 N–H and O–H groups in total. The molecule has 0 fully saturated rings. The van der Waals surface area contributed by atoms with Crippen LogP contribution in [0.25, 0.3) is 11.0 Å². The van der Waals surface area contributed by atoms with Crippen LogP contribution in [0.3, 0.4) is 0 Å². The Bertz CT molecular complexity index is 1340. The van der Waals surface area contributed by atoms with Crippen molar-refractivity contribution in [2.45, 2.75) is 19.0 Å². The van der Waals surface area contributed by atoms with Crippen molar-refractivity contribution in [3.05, 3.63) is 99.8 Å². The second-order valence-electron chi connectivity index (χ2n) is 7.20. The van der Waals surface area contributed by atoms with E-state index in [9.17, 15) is 9.59 Å². The molecular weight excluding hydrogens is 416 g/mol. The number of nitrogens with zero attached hydrogens (tertiary/aromatic N) is 4. The summed E-state index contributed by atoms with van der Waals surface area (Å²) in [7, 11) is 0. The number of furan rings is 1. The standard InChI is InChI=1S/C23H17ClN4O3/c24-16-9-7-15(8-10-16)18-12-20(21-6-3-11-31-21)28(26-18)23(30)14-27-19-5-2-1-4-17(19)25-13-22(27)29/h1-11,13,20H,12,14H2. The molecule has 0 saturated carbocycles. The molecule has 1 amide bonds. The molecule has 0 aliphatic carbocycles. The van der Waals surface area contributed by atoms with E-state index < -0.39 is 6.04 Å². The zero-order valence-electron chi connectivity index (χ0n) is 16.3. The smallest absolute Gasteiger partial charge is 0.269 e. The summed E-state index contributed by atoms with van der Waals surface area (Å²) in [6, 6.07) is 17.7. The molecule has 7 nitrogen and oxygen atoms in total. The average molecular weight is 433 g/mol. The molecule has 1 unspecified atom stereocenters. The van der Waals surface area contributed by atoms with Gasteiger partial charge in [0.1, 0.15) is 18.3 Å². The number of para-hydroxylation sites is 2. The van der Waals surface area contributed by atoms with Gasteiger partial charge in [-0.3, -0.25) is 14.2 Å². The van der Waals surface area contributed by atoms with Crippen LogP contribution in [-0.4, -0.2) is 26.2 Å². The summed E-state index contributed by atoms with van der Waals surface area (Å²) in [5, 5.41) is 6.63. The molecule has 2 aromatic heterocycles. The summed E-state index contributed by atoms with van der Waals surface area (Å²) in [6.07, 6.45) is 3.29. The van der Waals surface area contributed by atoms with E-state index in [1.807, 2.05) is 30.3 Å².